The van der Waals surface area contributed by atoms with E-state index in [0.29, 0.717) is 17.1 Å². The predicted octanol–water partition coefficient (Wildman–Crippen LogP) is 2.32. The molecule has 0 saturated heterocycles. The Labute approximate surface area is 110 Å². The summed E-state index contributed by atoms with van der Waals surface area (Å²) in [6.45, 7) is 0. The van der Waals surface area contributed by atoms with E-state index in [1.165, 1.54) is 13.2 Å². The number of aromatic nitrogens is 2. The Morgan fingerprint density at radius 2 is 2.16 bits per heavy atom. The molecule has 2 aromatic rings. The average Bonchev–Trinajstić information content (AvgIpc) is 2.97. The van der Waals surface area contributed by atoms with Crippen LogP contribution in [0, 0.1) is 0 Å². The van der Waals surface area contributed by atoms with Crippen LogP contribution in [0.15, 0.2) is 36.8 Å². The molecule has 1 heterocycles. The van der Waals surface area contributed by atoms with Gasteiger partial charge in [-0.25, -0.2) is 4.98 Å². The van der Waals surface area contributed by atoms with Gasteiger partial charge in [-0.15, -0.1) is 0 Å². The molecule has 19 heavy (non-hydrogen) atoms. The fraction of sp³-hybridized carbons (Fsp3) is 0.143. The molecular weight excluding hydrogens is 244 g/mol. The van der Waals surface area contributed by atoms with Crippen LogP contribution in [0.2, 0.25) is 0 Å². The molecule has 1 aromatic heterocycles. The van der Waals surface area contributed by atoms with E-state index in [-0.39, 0.29) is 5.78 Å². The molecule has 0 saturated carbocycles. The van der Waals surface area contributed by atoms with Gasteiger partial charge in [-0.2, -0.15) is 0 Å². The van der Waals surface area contributed by atoms with Gasteiger partial charge in [0.15, 0.2) is 5.78 Å². The first-order valence-corrected chi connectivity index (χ1v) is 5.67. The van der Waals surface area contributed by atoms with Gasteiger partial charge in [0.1, 0.15) is 11.5 Å². The minimum absolute atomic E-state index is 0.144. The van der Waals surface area contributed by atoms with Gasteiger partial charge >= 0.3 is 0 Å². The third-order valence-electron chi connectivity index (χ3n) is 2.61. The third-order valence-corrected chi connectivity index (χ3v) is 2.61. The zero-order valence-corrected chi connectivity index (χ0v) is 10.7. The molecule has 1 aromatic carbocycles. The number of benzene rings is 1. The van der Waals surface area contributed by atoms with E-state index in [1.54, 1.807) is 43.9 Å². The van der Waals surface area contributed by atoms with Crippen molar-refractivity contribution in [3.63, 3.8) is 0 Å². The lowest BCUT2D eigenvalue weighted by Gasteiger charge is -2.07. The largest absolute Gasteiger partial charge is 0.497 e. The lowest BCUT2D eigenvalue weighted by molar-refractivity contribution is 0.104. The lowest BCUT2D eigenvalue weighted by Crippen LogP contribution is -1.99. The molecule has 5 heteroatoms. The van der Waals surface area contributed by atoms with E-state index in [0.717, 1.165) is 5.69 Å². The monoisotopic (exact) mass is 258 g/mol. The molecule has 0 aliphatic carbocycles. The molecule has 0 bridgehead atoms. The number of hydrogen-bond acceptors (Lipinski definition) is 4. The fourth-order valence-electron chi connectivity index (χ4n) is 1.62. The zero-order chi connectivity index (χ0) is 13.7. The van der Waals surface area contributed by atoms with Crippen LogP contribution >= 0.6 is 0 Å². The number of imidazole rings is 1. The second kappa shape index (κ2) is 5.86. The van der Waals surface area contributed by atoms with Crippen LogP contribution < -0.4 is 9.47 Å². The Balaban J connectivity index is 2.23. The SMILES string of the molecule is COc1ccc(C(=O)/C=C/c2cnc[nH]2)c(OC)c1. The number of rotatable bonds is 5. The second-order valence-corrected chi connectivity index (χ2v) is 3.77. The summed E-state index contributed by atoms with van der Waals surface area (Å²) >= 11 is 0. The number of H-pyrrole nitrogens is 1. The Hall–Kier alpha value is -2.56. The number of allylic oxidation sites excluding steroid dienone is 1. The summed E-state index contributed by atoms with van der Waals surface area (Å²) < 4.78 is 10.3. The predicted molar refractivity (Wildman–Crippen MR) is 71.5 cm³/mol. The molecule has 1 N–H and O–H groups in total. The maximum atomic E-state index is 12.1. The minimum atomic E-state index is -0.144. The molecule has 98 valence electrons. The maximum absolute atomic E-state index is 12.1. The number of ether oxygens (including phenoxy) is 2. The Morgan fingerprint density at radius 3 is 2.79 bits per heavy atom. The molecule has 0 radical (unpaired) electrons. The van der Waals surface area contributed by atoms with Crippen LogP contribution in [0.25, 0.3) is 6.08 Å². The quantitative estimate of drug-likeness (QED) is 0.660. The molecule has 0 atom stereocenters. The van der Waals surface area contributed by atoms with Crippen LogP contribution in [0.5, 0.6) is 11.5 Å². The van der Waals surface area contributed by atoms with Gasteiger partial charge in [-0.1, -0.05) is 0 Å². The highest BCUT2D eigenvalue weighted by Crippen LogP contribution is 2.25. The highest BCUT2D eigenvalue weighted by atomic mass is 16.5. The first-order valence-electron chi connectivity index (χ1n) is 5.67. The van der Waals surface area contributed by atoms with Crippen LogP contribution in [0.3, 0.4) is 0 Å². The molecule has 0 amide bonds. The van der Waals surface area contributed by atoms with Gasteiger partial charge in [0.25, 0.3) is 0 Å². The van der Waals surface area contributed by atoms with Crippen molar-refractivity contribution in [1.82, 2.24) is 9.97 Å². The molecule has 5 nitrogen and oxygen atoms in total. The molecule has 0 unspecified atom stereocenters. The number of ketones is 1. The first-order chi connectivity index (χ1) is 9.24. The average molecular weight is 258 g/mol. The van der Waals surface area contributed by atoms with Crippen LogP contribution in [0.4, 0.5) is 0 Å². The van der Waals surface area contributed by atoms with Crippen molar-refractivity contribution in [3.05, 3.63) is 48.1 Å². The van der Waals surface area contributed by atoms with E-state index in [1.807, 2.05) is 0 Å². The van der Waals surface area contributed by atoms with Crippen molar-refractivity contribution in [2.24, 2.45) is 0 Å². The van der Waals surface area contributed by atoms with E-state index in [9.17, 15) is 4.79 Å². The van der Waals surface area contributed by atoms with E-state index in [4.69, 9.17) is 9.47 Å². The molecular formula is C14H14N2O3. The summed E-state index contributed by atoms with van der Waals surface area (Å²) in [4.78, 5) is 18.8. The minimum Gasteiger partial charge on any atom is -0.497 e. The number of methoxy groups -OCH3 is 2. The van der Waals surface area contributed by atoms with Crippen LogP contribution in [-0.4, -0.2) is 30.0 Å². The smallest absolute Gasteiger partial charge is 0.189 e. The van der Waals surface area contributed by atoms with Crippen molar-refractivity contribution < 1.29 is 14.3 Å². The number of hydrogen-bond donors (Lipinski definition) is 1. The molecule has 0 fully saturated rings. The number of carbonyl (C=O) groups is 1. The van der Waals surface area contributed by atoms with Crippen molar-refractivity contribution in [2.45, 2.75) is 0 Å². The van der Waals surface area contributed by atoms with Crippen molar-refractivity contribution in [2.75, 3.05) is 14.2 Å². The van der Waals surface area contributed by atoms with Gasteiger partial charge < -0.3 is 14.5 Å². The van der Waals surface area contributed by atoms with Gasteiger partial charge in [-0.3, -0.25) is 4.79 Å². The standard InChI is InChI=1S/C14H14N2O3/c1-18-11-4-5-12(14(7-11)19-2)13(17)6-3-10-8-15-9-16-10/h3-9H,1-2H3,(H,15,16)/b6-3+. The van der Waals surface area contributed by atoms with E-state index in [2.05, 4.69) is 9.97 Å². The Morgan fingerprint density at radius 1 is 1.32 bits per heavy atom. The normalized spacial score (nSPS) is 10.6. The first kappa shape index (κ1) is 12.9. The summed E-state index contributed by atoms with van der Waals surface area (Å²) in [5.41, 5.74) is 1.25. The van der Waals surface area contributed by atoms with Gasteiger partial charge in [-0.05, 0) is 24.3 Å². The van der Waals surface area contributed by atoms with Crippen LogP contribution in [-0.2, 0) is 0 Å². The second-order valence-electron chi connectivity index (χ2n) is 3.77. The van der Waals surface area contributed by atoms with E-state index < -0.39 is 0 Å². The lowest BCUT2D eigenvalue weighted by atomic mass is 10.1. The summed E-state index contributed by atoms with van der Waals surface area (Å²) in [6.07, 6.45) is 6.32. The van der Waals surface area contributed by atoms with Crippen LogP contribution in [0.1, 0.15) is 16.1 Å². The maximum Gasteiger partial charge on any atom is 0.189 e. The fourth-order valence-corrected chi connectivity index (χ4v) is 1.62. The van der Waals surface area contributed by atoms with E-state index >= 15 is 0 Å². The highest BCUT2D eigenvalue weighted by molar-refractivity contribution is 6.08. The summed E-state index contributed by atoms with van der Waals surface area (Å²) in [7, 11) is 3.08. The zero-order valence-electron chi connectivity index (χ0n) is 10.7. The van der Waals surface area contributed by atoms with Gasteiger partial charge in [0.05, 0.1) is 38.0 Å². The Bertz CT molecular complexity index is 589. The number of aromatic amines is 1. The molecule has 0 aliphatic rings. The molecule has 2 rings (SSSR count). The summed E-state index contributed by atoms with van der Waals surface area (Å²) in [5.74, 6) is 0.985. The third kappa shape index (κ3) is 3.01. The van der Waals surface area contributed by atoms with Crippen molar-refractivity contribution >= 4 is 11.9 Å². The van der Waals surface area contributed by atoms with Crippen molar-refractivity contribution in [3.8, 4) is 11.5 Å². The van der Waals surface area contributed by atoms with Gasteiger partial charge in [0, 0.05) is 6.07 Å². The number of nitrogens with zero attached hydrogens (tertiary/aromatic N) is 1. The summed E-state index contributed by atoms with van der Waals surface area (Å²) in [6, 6.07) is 5.08. The van der Waals surface area contributed by atoms with Gasteiger partial charge in [0.2, 0.25) is 0 Å². The topological polar surface area (TPSA) is 64.2 Å². The summed E-state index contributed by atoms with van der Waals surface area (Å²) in [5, 5.41) is 0. The highest BCUT2D eigenvalue weighted by Gasteiger charge is 2.10. The molecule has 0 spiro atoms. The number of carbonyl (C=O) groups excluding carboxylic acids is 1. The molecule has 0 aliphatic heterocycles. The Kier molecular flexibility index (Phi) is 3.97. The van der Waals surface area contributed by atoms with Crippen molar-refractivity contribution in [1.29, 1.82) is 0 Å². The number of nitrogens with one attached hydrogen (secondary N) is 1.